The fourth-order valence-electron chi connectivity index (χ4n) is 3.08. The van der Waals surface area contributed by atoms with Gasteiger partial charge in [-0.2, -0.15) is 0 Å². The Balaban J connectivity index is 2.04. The Morgan fingerprint density at radius 2 is 1.71 bits per heavy atom. The highest BCUT2D eigenvalue weighted by Gasteiger charge is 2.30. The Bertz CT molecular complexity index is 880. The average Bonchev–Trinajstić information content (AvgIpc) is 2.59. The summed E-state index contributed by atoms with van der Waals surface area (Å²) in [5.74, 6) is 0.453. The summed E-state index contributed by atoms with van der Waals surface area (Å²) in [6.45, 7) is 12.7. The fraction of sp³-hybridized carbons (Fsp3) is 0.500. The normalized spacial score (nSPS) is 14.6. The number of benzene rings is 1. The number of fused-ring (bicyclic) bond motifs is 1. The van der Waals surface area contributed by atoms with Gasteiger partial charge in [-0.05, 0) is 45.0 Å². The standard InChI is InChI=1S/C22H28FN3O2/c1-21(2,3)19-24-17-11-12-26(20(27)28-22(4,5)6)13-16(17)18(25-19)14-7-9-15(23)10-8-14/h7-10H,11-13H2,1-6H3. The zero-order chi connectivity index (χ0) is 20.7. The second-order valence-corrected chi connectivity index (χ2v) is 9.23. The molecule has 2 heterocycles. The van der Waals surface area contributed by atoms with Crippen LogP contribution in [0.5, 0.6) is 0 Å². The van der Waals surface area contributed by atoms with E-state index in [1.54, 1.807) is 17.0 Å². The molecule has 0 fully saturated rings. The third-order valence-electron chi connectivity index (χ3n) is 4.50. The predicted molar refractivity (Wildman–Crippen MR) is 106 cm³/mol. The zero-order valence-electron chi connectivity index (χ0n) is 17.5. The first-order valence-corrected chi connectivity index (χ1v) is 9.58. The summed E-state index contributed by atoms with van der Waals surface area (Å²) in [7, 11) is 0. The van der Waals surface area contributed by atoms with Crippen LogP contribution >= 0.6 is 0 Å². The van der Waals surface area contributed by atoms with Crippen molar-refractivity contribution in [3.63, 3.8) is 0 Å². The molecule has 28 heavy (non-hydrogen) atoms. The van der Waals surface area contributed by atoms with Crippen molar-refractivity contribution in [2.75, 3.05) is 6.54 Å². The molecule has 1 amide bonds. The number of halogens is 1. The SMILES string of the molecule is CC(C)(C)OC(=O)N1CCc2nc(C(C)(C)C)nc(-c3ccc(F)cc3)c2C1. The van der Waals surface area contributed by atoms with E-state index in [9.17, 15) is 9.18 Å². The largest absolute Gasteiger partial charge is 0.444 e. The van der Waals surface area contributed by atoms with Crippen molar-refractivity contribution in [3.05, 3.63) is 47.2 Å². The van der Waals surface area contributed by atoms with Gasteiger partial charge < -0.3 is 9.64 Å². The minimum absolute atomic E-state index is 0.216. The lowest BCUT2D eigenvalue weighted by atomic mass is 9.93. The highest BCUT2D eigenvalue weighted by molar-refractivity contribution is 5.70. The number of hydrogen-bond donors (Lipinski definition) is 0. The monoisotopic (exact) mass is 385 g/mol. The van der Waals surface area contributed by atoms with E-state index in [1.807, 2.05) is 20.8 Å². The molecule has 3 rings (SSSR count). The number of rotatable bonds is 1. The molecule has 5 nitrogen and oxygen atoms in total. The van der Waals surface area contributed by atoms with Gasteiger partial charge in [-0.1, -0.05) is 20.8 Å². The van der Waals surface area contributed by atoms with Crippen LogP contribution in [0.4, 0.5) is 9.18 Å². The number of nitrogens with zero attached hydrogens (tertiary/aromatic N) is 3. The van der Waals surface area contributed by atoms with Gasteiger partial charge in [-0.3, -0.25) is 0 Å². The second kappa shape index (κ2) is 7.15. The maximum absolute atomic E-state index is 13.4. The Morgan fingerprint density at radius 1 is 1.07 bits per heavy atom. The lowest BCUT2D eigenvalue weighted by molar-refractivity contribution is 0.0222. The van der Waals surface area contributed by atoms with Crippen LogP contribution in [-0.4, -0.2) is 33.1 Å². The van der Waals surface area contributed by atoms with Crippen molar-refractivity contribution in [2.24, 2.45) is 0 Å². The molecule has 0 saturated carbocycles. The number of carbonyl (C=O) groups is 1. The predicted octanol–water partition coefficient (Wildman–Crippen LogP) is 4.87. The Morgan fingerprint density at radius 3 is 2.29 bits per heavy atom. The minimum atomic E-state index is -0.552. The fourth-order valence-corrected chi connectivity index (χ4v) is 3.08. The summed E-state index contributed by atoms with van der Waals surface area (Å²) < 4.78 is 19.0. The van der Waals surface area contributed by atoms with Crippen LogP contribution < -0.4 is 0 Å². The quantitative estimate of drug-likeness (QED) is 0.702. The molecular weight excluding hydrogens is 357 g/mol. The van der Waals surface area contributed by atoms with Gasteiger partial charge in [0.1, 0.15) is 17.2 Å². The number of ether oxygens (including phenoxy) is 1. The number of aromatic nitrogens is 2. The van der Waals surface area contributed by atoms with Crippen molar-refractivity contribution in [2.45, 2.75) is 65.5 Å². The summed E-state index contributed by atoms with van der Waals surface area (Å²) in [6, 6.07) is 6.29. The minimum Gasteiger partial charge on any atom is -0.444 e. The van der Waals surface area contributed by atoms with Crippen LogP contribution in [-0.2, 0) is 23.1 Å². The smallest absolute Gasteiger partial charge is 0.410 e. The van der Waals surface area contributed by atoms with Crippen molar-refractivity contribution in [3.8, 4) is 11.3 Å². The Labute approximate surface area is 166 Å². The van der Waals surface area contributed by atoms with E-state index < -0.39 is 5.60 Å². The first-order chi connectivity index (χ1) is 12.9. The van der Waals surface area contributed by atoms with E-state index in [1.165, 1.54) is 12.1 Å². The molecule has 0 atom stereocenters. The number of amides is 1. The topological polar surface area (TPSA) is 55.3 Å². The Kier molecular flexibility index (Phi) is 5.17. The second-order valence-electron chi connectivity index (χ2n) is 9.23. The molecule has 0 saturated heterocycles. The molecule has 1 aliphatic heterocycles. The van der Waals surface area contributed by atoms with Gasteiger partial charge in [0.15, 0.2) is 0 Å². The van der Waals surface area contributed by atoms with E-state index in [2.05, 4.69) is 20.8 Å². The van der Waals surface area contributed by atoms with Crippen molar-refractivity contribution < 1.29 is 13.9 Å². The molecular formula is C22H28FN3O2. The van der Waals surface area contributed by atoms with E-state index in [4.69, 9.17) is 14.7 Å². The summed E-state index contributed by atoms with van der Waals surface area (Å²) >= 11 is 0. The van der Waals surface area contributed by atoms with Crippen LogP contribution in [0.25, 0.3) is 11.3 Å². The molecule has 0 bridgehead atoms. The molecule has 0 N–H and O–H groups in total. The summed E-state index contributed by atoms with van der Waals surface area (Å²) in [6.07, 6.45) is 0.289. The van der Waals surface area contributed by atoms with Crippen LogP contribution in [0.1, 0.15) is 58.6 Å². The van der Waals surface area contributed by atoms with Crippen LogP contribution in [0.3, 0.4) is 0 Å². The first kappa shape index (κ1) is 20.2. The van der Waals surface area contributed by atoms with Gasteiger partial charge in [0.2, 0.25) is 0 Å². The van der Waals surface area contributed by atoms with Gasteiger partial charge in [0.05, 0.1) is 17.9 Å². The van der Waals surface area contributed by atoms with Gasteiger partial charge in [0.25, 0.3) is 0 Å². The third-order valence-corrected chi connectivity index (χ3v) is 4.50. The first-order valence-electron chi connectivity index (χ1n) is 9.58. The summed E-state index contributed by atoms with van der Waals surface area (Å²) in [5.41, 5.74) is 2.64. The molecule has 0 spiro atoms. The van der Waals surface area contributed by atoms with Gasteiger partial charge >= 0.3 is 6.09 Å². The highest BCUT2D eigenvalue weighted by atomic mass is 19.1. The average molecular weight is 385 g/mol. The molecule has 150 valence electrons. The lowest BCUT2D eigenvalue weighted by Gasteiger charge is -2.32. The molecule has 1 aromatic heterocycles. The van der Waals surface area contributed by atoms with E-state index in [0.717, 1.165) is 28.3 Å². The molecule has 1 aliphatic rings. The van der Waals surface area contributed by atoms with Gasteiger partial charge in [0, 0.05) is 29.5 Å². The third kappa shape index (κ3) is 4.49. The summed E-state index contributed by atoms with van der Waals surface area (Å²) in [4.78, 5) is 23.8. The summed E-state index contributed by atoms with van der Waals surface area (Å²) in [5, 5.41) is 0. The maximum atomic E-state index is 13.4. The van der Waals surface area contributed by atoms with E-state index in [-0.39, 0.29) is 17.3 Å². The van der Waals surface area contributed by atoms with E-state index in [0.29, 0.717) is 19.5 Å². The molecule has 1 aromatic carbocycles. The van der Waals surface area contributed by atoms with E-state index >= 15 is 0 Å². The van der Waals surface area contributed by atoms with Crippen molar-refractivity contribution in [1.82, 2.24) is 14.9 Å². The lowest BCUT2D eigenvalue weighted by Crippen LogP contribution is -2.40. The van der Waals surface area contributed by atoms with Crippen molar-refractivity contribution in [1.29, 1.82) is 0 Å². The molecule has 0 aliphatic carbocycles. The van der Waals surface area contributed by atoms with Crippen molar-refractivity contribution >= 4 is 6.09 Å². The van der Waals surface area contributed by atoms with Gasteiger partial charge in [-0.15, -0.1) is 0 Å². The van der Waals surface area contributed by atoms with Crippen LogP contribution in [0.15, 0.2) is 24.3 Å². The Hall–Kier alpha value is -2.50. The molecule has 0 radical (unpaired) electrons. The maximum Gasteiger partial charge on any atom is 0.410 e. The molecule has 2 aromatic rings. The van der Waals surface area contributed by atoms with Gasteiger partial charge in [-0.25, -0.2) is 19.2 Å². The molecule has 6 heteroatoms. The zero-order valence-corrected chi connectivity index (χ0v) is 17.5. The van der Waals surface area contributed by atoms with Crippen LogP contribution in [0.2, 0.25) is 0 Å². The van der Waals surface area contributed by atoms with Crippen LogP contribution in [0, 0.1) is 5.82 Å². The number of hydrogen-bond acceptors (Lipinski definition) is 4. The highest BCUT2D eigenvalue weighted by Crippen LogP contribution is 2.31. The number of carbonyl (C=O) groups excluding carboxylic acids is 1. The molecule has 0 unspecified atom stereocenters.